The number of carbonyl (C=O) groups is 1. The number of ether oxygens (including phenoxy) is 2. The van der Waals surface area contributed by atoms with Gasteiger partial charge < -0.3 is 14.8 Å². The molecule has 1 aliphatic heterocycles. The zero-order valence-corrected chi connectivity index (χ0v) is 18.5. The van der Waals surface area contributed by atoms with Crippen molar-refractivity contribution in [1.29, 1.82) is 0 Å². The van der Waals surface area contributed by atoms with Crippen molar-refractivity contribution < 1.29 is 14.3 Å². The van der Waals surface area contributed by atoms with Gasteiger partial charge in [-0.15, -0.1) is 11.8 Å². The molecular formula is C25H24N2O3S. The summed E-state index contributed by atoms with van der Waals surface area (Å²) in [6.07, 6.45) is 0.714. The number of para-hydroxylation sites is 1. The number of thioether (sulfide) groups is 1. The molecule has 0 fully saturated rings. The molecule has 0 aliphatic carbocycles. The number of amides is 1. The van der Waals surface area contributed by atoms with Crippen molar-refractivity contribution in [2.45, 2.75) is 23.5 Å². The Balaban J connectivity index is 1.78. The monoisotopic (exact) mass is 432 g/mol. The number of carbonyl (C=O) groups excluding carboxylic acids is 1. The lowest BCUT2D eigenvalue weighted by Crippen LogP contribution is -2.09. The van der Waals surface area contributed by atoms with Crippen LogP contribution in [0.15, 0.2) is 76.6 Å². The van der Waals surface area contributed by atoms with Crippen molar-refractivity contribution >= 4 is 34.8 Å². The van der Waals surface area contributed by atoms with Crippen molar-refractivity contribution in [3.63, 3.8) is 0 Å². The molecule has 1 atom stereocenters. The number of benzene rings is 3. The third-order valence-electron chi connectivity index (χ3n) is 5.07. The van der Waals surface area contributed by atoms with E-state index in [1.165, 1.54) is 6.92 Å². The molecule has 5 nitrogen and oxygen atoms in total. The second kappa shape index (κ2) is 9.27. The number of hydrogen-bond donors (Lipinski definition) is 1. The van der Waals surface area contributed by atoms with Gasteiger partial charge >= 0.3 is 0 Å². The molecular weight excluding hydrogens is 408 g/mol. The highest BCUT2D eigenvalue weighted by Gasteiger charge is 2.25. The van der Waals surface area contributed by atoms with Crippen molar-refractivity contribution in [1.82, 2.24) is 0 Å². The second-order valence-corrected chi connectivity index (χ2v) is 8.45. The van der Waals surface area contributed by atoms with E-state index < -0.39 is 0 Å². The normalized spacial score (nSPS) is 15.3. The maximum atomic E-state index is 11.5. The molecule has 6 heteroatoms. The Hall–Kier alpha value is -3.25. The van der Waals surface area contributed by atoms with Gasteiger partial charge in [-0.1, -0.05) is 30.3 Å². The van der Waals surface area contributed by atoms with E-state index in [0.717, 1.165) is 44.6 Å². The van der Waals surface area contributed by atoms with Crippen LogP contribution in [0.4, 0.5) is 11.4 Å². The van der Waals surface area contributed by atoms with Gasteiger partial charge in [-0.2, -0.15) is 0 Å². The van der Waals surface area contributed by atoms with E-state index >= 15 is 0 Å². The van der Waals surface area contributed by atoms with Crippen LogP contribution in [0.3, 0.4) is 0 Å². The van der Waals surface area contributed by atoms with E-state index in [-0.39, 0.29) is 11.2 Å². The Bertz CT molecular complexity index is 1140. The lowest BCUT2D eigenvalue weighted by atomic mass is 10.00. The number of nitrogens with zero attached hydrogens (tertiary/aromatic N) is 1. The number of nitrogens with one attached hydrogen (secondary N) is 1. The number of aliphatic imine (C=N–C) groups is 1. The van der Waals surface area contributed by atoms with Gasteiger partial charge in [0.2, 0.25) is 5.91 Å². The fourth-order valence-corrected chi connectivity index (χ4v) is 4.89. The number of fused-ring (bicyclic) bond motifs is 1. The number of methoxy groups -OCH3 is 2. The third-order valence-corrected chi connectivity index (χ3v) is 6.38. The summed E-state index contributed by atoms with van der Waals surface area (Å²) in [6, 6.07) is 21.9. The molecule has 4 rings (SSSR count). The van der Waals surface area contributed by atoms with Gasteiger partial charge in [0.15, 0.2) is 0 Å². The summed E-state index contributed by atoms with van der Waals surface area (Å²) in [6.45, 7) is 1.51. The first-order valence-electron chi connectivity index (χ1n) is 10.0. The first kappa shape index (κ1) is 21.0. The van der Waals surface area contributed by atoms with E-state index in [0.29, 0.717) is 6.42 Å². The predicted octanol–water partition coefficient (Wildman–Crippen LogP) is 6.02. The molecule has 1 unspecified atom stereocenters. The van der Waals surface area contributed by atoms with E-state index in [1.54, 1.807) is 26.0 Å². The Labute approximate surface area is 186 Å². The number of rotatable bonds is 5. The van der Waals surface area contributed by atoms with Crippen molar-refractivity contribution in [3.05, 3.63) is 77.9 Å². The van der Waals surface area contributed by atoms with Crippen LogP contribution in [0.5, 0.6) is 11.5 Å². The van der Waals surface area contributed by atoms with Gasteiger partial charge in [-0.3, -0.25) is 9.79 Å². The molecule has 0 radical (unpaired) electrons. The quantitative estimate of drug-likeness (QED) is 0.536. The van der Waals surface area contributed by atoms with Crippen LogP contribution in [-0.2, 0) is 4.79 Å². The third kappa shape index (κ3) is 4.75. The standard InChI is InChI=1S/C25H24N2O3S/c1-16(28)26-18-8-6-7-17(13-18)22-15-25(31-24-10-5-4-9-21(24)27-22)20-12-11-19(29-2)14-23(20)30-3/h4-14,25H,15H2,1-3H3,(H,26,28). The van der Waals surface area contributed by atoms with Crippen LogP contribution in [0.2, 0.25) is 0 Å². The molecule has 0 saturated carbocycles. The molecule has 1 N–H and O–H groups in total. The lowest BCUT2D eigenvalue weighted by molar-refractivity contribution is -0.114. The Morgan fingerprint density at radius 2 is 1.87 bits per heavy atom. The van der Waals surface area contributed by atoms with Crippen molar-refractivity contribution in [2.75, 3.05) is 19.5 Å². The van der Waals surface area contributed by atoms with Gasteiger partial charge in [-0.25, -0.2) is 0 Å². The van der Waals surface area contributed by atoms with Gasteiger partial charge in [0, 0.05) is 46.5 Å². The van der Waals surface area contributed by atoms with Crippen LogP contribution >= 0.6 is 11.8 Å². The largest absolute Gasteiger partial charge is 0.497 e. The average Bonchev–Trinajstić information content (AvgIpc) is 2.98. The highest BCUT2D eigenvalue weighted by Crippen LogP contribution is 2.48. The van der Waals surface area contributed by atoms with Gasteiger partial charge in [0.05, 0.1) is 19.9 Å². The van der Waals surface area contributed by atoms with Crippen molar-refractivity contribution in [3.8, 4) is 11.5 Å². The topological polar surface area (TPSA) is 59.9 Å². The Morgan fingerprint density at radius 3 is 2.65 bits per heavy atom. The maximum absolute atomic E-state index is 11.5. The summed E-state index contributed by atoms with van der Waals surface area (Å²) in [5, 5.41) is 2.96. The molecule has 3 aromatic rings. The molecule has 1 heterocycles. The molecule has 0 bridgehead atoms. The van der Waals surface area contributed by atoms with Crippen molar-refractivity contribution in [2.24, 2.45) is 4.99 Å². The summed E-state index contributed by atoms with van der Waals surface area (Å²) in [5.41, 5.74) is 4.75. The molecule has 3 aromatic carbocycles. The molecule has 1 aliphatic rings. The fraction of sp³-hybridized carbons (Fsp3) is 0.200. The smallest absolute Gasteiger partial charge is 0.221 e. The van der Waals surface area contributed by atoms with Gasteiger partial charge in [0.25, 0.3) is 0 Å². The minimum atomic E-state index is -0.0956. The number of hydrogen-bond acceptors (Lipinski definition) is 5. The average molecular weight is 433 g/mol. The Morgan fingerprint density at radius 1 is 1.03 bits per heavy atom. The molecule has 158 valence electrons. The first-order chi connectivity index (χ1) is 15.1. The molecule has 31 heavy (non-hydrogen) atoms. The van der Waals surface area contributed by atoms with E-state index in [1.807, 2.05) is 54.6 Å². The van der Waals surface area contributed by atoms with Gasteiger partial charge in [0.1, 0.15) is 11.5 Å². The predicted molar refractivity (Wildman–Crippen MR) is 126 cm³/mol. The highest BCUT2D eigenvalue weighted by atomic mass is 32.2. The molecule has 1 amide bonds. The lowest BCUT2D eigenvalue weighted by Gasteiger charge is -2.19. The summed E-state index contributed by atoms with van der Waals surface area (Å²) >= 11 is 1.78. The van der Waals surface area contributed by atoms with Gasteiger partial charge in [-0.05, 0) is 35.9 Å². The van der Waals surface area contributed by atoms with E-state index in [2.05, 4.69) is 17.4 Å². The minimum absolute atomic E-state index is 0.0956. The molecule has 0 aromatic heterocycles. The minimum Gasteiger partial charge on any atom is -0.497 e. The highest BCUT2D eigenvalue weighted by molar-refractivity contribution is 7.99. The summed E-state index contributed by atoms with van der Waals surface area (Å²) < 4.78 is 11.1. The van der Waals surface area contributed by atoms with Crippen LogP contribution in [0.25, 0.3) is 0 Å². The molecule has 0 saturated heterocycles. The van der Waals surface area contributed by atoms with Crippen LogP contribution in [-0.4, -0.2) is 25.8 Å². The maximum Gasteiger partial charge on any atom is 0.221 e. The van der Waals surface area contributed by atoms with Crippen LogP contribution in [0, 0.1) is 0 Å². The van der Waals surface area contributed by atoms with E-state index in [4.69, 9.17) is 14.5 Å². The first-order valence-corrected chi connectivity index (χ1v) is 10.9. The summed E-state index contributed by atoms with van der Waals surface area (Å²) in [7, 11) is 3.33. The fourth-order valence-electron chi connectivity index (χ4n) is 3.63. The SMILES string of the molecule is COc1ccc(C2CC(c3cccc(NC(C)=O)c3)=Nc3ccccc3S2)c(OC)c1. The zero-order valence-electron chi connectivity index (χ0n) is 17.7. The summed E-state index contributed by atoms with van der Waals surface area (Å²) in [4.78, 5) is 17.6. The number of anilines is 1. The van der Waals surface area contributed by atoms with E-state index in [9.17, 15) is 4.79 Å². The summed E-state index contributed by atoms with van der Waals surface area (Å²) in [5.74, 6) is 1.46. The second-order valence-electron chi connectivity index (χ2n) is 7.21. The Kier molecular flexibility index (Phi) is 6.28. The molecule has 0 spiro atoms. The zero-order chi connectivity index (χ0) is 21.8. The van der Waals surface area contributed by atoms with Crippen LogP contribution in [0.1, 0.15) is 29.7 Å². The van der Waals surface area contributed by atoms with Crippen LogP contribution < -0.4 is 14.8 Å².